The SMILES string of the molecule is CNCc1nc(C)ccc1OCCC1CC1. The van der Waals surface area contributed by atoms with Crippen LogP contribution in [0.1, 0.15) is 30.7 Å². The van der Waals surface area contributed by atoms with Gasteiger partial charge in [0.05, 0.1) is 12.3 Å². The molecule has 88 valence electrons. The van der Waals surface area contributed by atoms with Gasteiger partial charge in [-0.05, 0) is 38.4 Å². The minimum atomic E-state index is 0.764. The molecule has 1 aliphatic carbocycles. The number of aryl methyl sites for hydroxylation is 1. The third-order valence-corrected chi connectivity index (χ3v) is 2.90. The fourth-order valence-electron chi connectivity index (χ4n) is 1.77. The van der Waals surface area contributed by atoms with Gasteiger partial charge in [0, 0.05) is 12.2 Å². The van der Waals surface area contributed by atoms with Crippen molar-refractivity contribution in [3.8, 4) is 5.75 Å². The highest BCUT2D eigenvalue weighted by Gasteiger charge is 2.20. The van der Waals surface area contributed by atoms with Crippen molar-refractivity contribution in [1.82, 2.24) is 10.3 Å². The van der Waals surface area contributed by atoms with Gasteiger partial charge in [0.2, 0.25) is 0 Å². The first kappa shape index (κ1) is 11.4. The van der Waals surface area contributed by atoms with Crippen LogP contribution in [0.5, 0.6) is 5.75 Å². The number of pyridine rings is 1. The Kier molecular flexibility index (Phi) is 3.78. The number of aromatic nitrogens is 1. The van der Waals surface area contributed by atoms with E-state index < -0.39 is 0 Å². The Hall–Kier alpha value is -1.09. The summed E-state index contributed by atoms with van der Waals surface area (Å²) >= 11 is 0. The summed E-state index contributed by atoms with van der Waals surface area (Å²) in [6, 6.07) is 4.04. The number of nitrogens with zero attached hydrogens (tertiary/aromatic N) is 1. The third-order valence-electron chi connectivity index (χ3n) is 2.90. The smallest absolute Gasteiger partial charge is 0.142 e. The van der Waals surface area contributed by atoms with Gasteiger partial charge in [0.15, 0.2) is 0 Å². The fourth-order valence-corrected chi connectivity index (χ4v) is 1.77. The molecule has 0 bridgehead atoms. The predicted octanol–water partition coefficient (Wildman–Crippen LogP) is 2.29. The van der Waals surface area contributed by atoms with Gasteiger partial charge in [0.1, 0.15) is 5.75 Å². The maximum absolute atomic E-state index is 5.79. The molecule has 1 saturated carbocycles. The zero-order valence-electron chi connectivity index (χ0n) is 10.1. The van der Waals surface area contributed by atoms with Crippen LogP contribution in [0, 0.1) is 12.8 Å². The van der Waals surface area contributed by atoms with Crippen molar-refractivity contribution in [2.24, 2.45) is 5.92 Å². The van der Waals surface area contributed by atoms with E-state index in [0.717, 1.165) is 36.2 Å². The van der Waals surface area contributed by atoms with E-state index in [9.17, 15) is 0 Å². The highest BCUT2D eigenvalue weighted by atomic mass is 16.5. The van der Waals surface area contributed by atoms with Gasteiger partial charge >= 0.3 is 0 Å². The van der Waals surface area contributed by atoms with Crippen molar-refractivity contribution in [2.45, 2.75) is 32.7 Å². The van der Waals surface area contributed by atoms with Crippen molar-refractivity contribution < 1.29 is 4.74 Å². The lowest BCUT2D eigenvalue weighted by Crippen LogP contribution is -2.10. The first-order valence-electron chi connectivity index (χ1n) is 6.03. The molecule has 0 aliphatic heterocycles. The maximum Gasteiger partial charge on any atom is 0.142 e. The molecule has 1 aliphatic rings. The van der Waals surface area contributed by atoms with E-state index in [2.05, 4.69) is 10.3 Å². The molecule has 0 saturated heterocycles. The van der Waals surface area contributed by atoms with E-state index in [1.807, 2.05) is 26.1 Å². The lowest BCUT2D eigenvalue weighted by Gasteiger charge is -2.11. The van der Waals surface area contributed by atoms with Gasteiger partial charge in [-0.2, -0.15) is 0 Å². The summed E-state index contributed by atoms with van der Waals surface area (Å²) in [5.74, 6) is 1.85. The fraction of sp³-hybridized carbons (Fsp3) is 0.615. The molecule has 3 heteroatoms. The average molecular weight is 220 g/mol. The zero-order valence-corrected chi connectivity index (χ0v) is 10.1. The van der Waals surface area contributed by atoms with E-state index in [1.165, 1.54) is 19.3 Å². The molecular weight excluding hydrogens is 200 g/mol. The summed E-state index contributed by atoms with van der Waals surface area (Å²) < 4.78 is 5.79. The molecule has 0 spiro atoms. The molecule has 0 atom stereocenters. The van der Waals surface area contributed by atoms with Crippen LogP contribution in [0.15, 0.2) is 12.1 Å². The number of hydrogen-bond acceptors (Lipinski definition) is 3. The second kappa shape index (κ2) is 5.30. The van der Waals surface area contributed by atoms with Crippen LogP contribution in [-0.2, 0) is 6.54 Å². The minimum Gasteiger partial charge on any atom is -0.492 e. The maximum atomic E-state index is 5.79. The van der Waals surface area contributed by atoms with Crippen molar-refractivity contribution >= 4 is 0 Å². The molecule has 1 aromatic rings. The van der Waals surface area contributed by atoms with E-state index in [-0.39, 0.29) is 0 Å². The van der Waals surface area contributed by atoms with Crippen LogP contribution in [0.4, 0.5) is 0 Å². The highest BCUT2D eigenvalue weighted by Crippen LogP contribution is 2.32. The summed E-state index contributed by atoms with van der Waals surface area (Å²) in [5, 5.41) is 3.12. The van der Waals surface area contributed by atoms with E-state index in [4.69, 9.17) is 4.74 Å². The highest BCUT2D eigenvalue weighted by molar-refractivity contribution is 5.29. The largest absolute Gasteiger partial charge is 0.492 e. The van der Waals surface area contributed by atoms with Crippen LogP contribution < -0.4 is 10.1 Å². The van der Waals surface area contributed by atoms with Crippen molar-refractivity contribution in [3.63, 3.8) is 0 Å². The molecule has 1 aromatic heterocycles. The van der Waals surface area contributed by atoms with Crippen LogP contribution >= 0.6 is 0 Å². The third kappa shape index (κ3) is 3.20. The minimum absolute atomic E-state index is 0.764. The average Bonchev–Trinajstić information content (AvgIpc) is 3.06. The van der Waals surface area contributed by atoms with Crippen molar-refractivity contribution in [3.05, 3.63) is 23.5 Å². The van der Waals surface area contributed by atoms with Crippen LogP contribution in [0.3, 0.4) is 0 Å². The predicted molar refractivity (Wildman–Crippen MR) is 64.6 cm³/mol. The standard InChI is InChI=1S/C13H20N2O/c1-10-3-6-13(12(15-10)9-14-2)16-8-7-11-4-5-11/h3,6,11,14H,4-5,7-9H2,1-2H3. The van der Waals surface area contributed by atoms with E-state index >= 15 is 0 Å². The first-order valence-corrected chi connectivity index (χ1v) is 6.03. The number of nitrogens with one attached hydrogen (secondary N) is 1. The molecule has 1 N–H and O–H groups in total. The Morgan fingerprint density at radius 1 is 1.44 bits per heavy atom. The number of ether oxygens (including phenoxy) is 1. The quantitative estimate of drug-likeness (QED) is 0.798. The molecule has 0 radical (unpaired) electrons. The summed E-state index contributed by atoms with van der Waals surface area (Å²) in [7, 11) is 1.93. The normalized spacial score (nSPS) is 15.1. The monoisotopic (exact) mass is 220 g/mol. The molecule has 0 amide bonds. The van der Waals surface area contributed by atoms with E-state index in [0.29, 0.717) is 0 Å². The van der Waals surface area contributed by atoms with Crippen molar-refractivity contribution in [1.29, 1.82) is 0 Å². The first-order chi connectivity index (χ1) is 7.79. The van der Waals surface area contributed by atoms with Crippen LogP contribution in [-0.4, -0.2) is 18.6 Å². The van der Waals surface area contributed by atoms with Crippen LogP contribution in [0.25, 0.3) is 0 Å². The Morgan fingerprint density at radius 3 is 2.94 bits per heavy atom. The van der Waals surface area contributed by atoms with Gasteiger partial charge < -0.3 is 10.1 Å². The molecule has 0 aromatic carbocycles. The molecule has 1 fully saturated rings. The summed E-state index contributed by atoms with van der Waals surface area (Å²) in [5.41, 5.74) is 2.05. The molecule has 1 heterocycles. The van der Waals surface area contributed by atoms with Crippen LogP contribution in [0.2, 0.25) is 0 Å². The molecule has 0 unspecified atom stereocenters. The zero-order chi connectivity index (χ0) is 11.4. The summed E-state index contributed by atoms with van der Waals surface area (Å²) in [6.07, 6.45) is 3.96. The Morgan fingerprint density at radius 2 is 2.25 bits per heavy atom. The van der Waals surface area contributed by atoms with Gasteiger partial charge in [-0.25, -0.2) is 0 Å². The summed E-state index contributed by atoms with van der Waals surface area (Å²) in [6.45, 7) is 3.60. The Bertz CT molecular complexity index is 348. The van der Waals surface area contributed by atoms with Gasteiger partial charge in [0.25, 0.3) is 0 Å². The molecular formula is C13H20N2O. The molecule has 16 heavy (non-hydrogen) atoms. The van der Waals surface area contributed by atoms with Gasteiger partial charge in [-0.3, -0.25) is 4.98 Å². The van der Waals surface area contributed by atoms with Gasteiger partial charge in [-0.1, -0.05) is 12.8 Å². The molecule has 2 rings (SSSR count). The van der Waals surface area contributed by atoms with Gasteiger partial charge in [-0.15, -0.1) is 0 Å². The lowest BCUT2D eigenvalue weighted by atomic mass is 10.2. The van der Waals surface area contributed by atoms with Crippen molar-refractivity contribution in [2.75, 3.05) is 13.7 Å². The summed E-state index contributed by atoms with van der Waals surface area (Å²) in [4.78, 5) is 4.49. The second-order valence-electron chi connectivity index (χ2n) is 4.51. The van der Waals surface area contributed by atoms with E-state index in [1.54, 1.807) is 0 Å². The molecule has 3 nitrogen and oxygen atoms in total. The topological polar surface area (TPSA) is 34.2 Å². The second-order valence-corrected chi connectivity index (χ2v) is 4.51. The Labute approximate surface area is 97.2 Å². The Balaban J connectivity index is 1.93. The number of rotatable bonds is 6. The number of hydrogen-bond donors (Lipinski definition) is 1. The lowest BCUT2D eigenvalue weighted by molar-refractivity contribution is 0.297.